The Balaban J connectivity index is 2.09. The lowest BCUT2D eigenvalue weighted by atomic mass is 10.1. The predicted molar refractivity (Wildman–Crippen MR) is 99.2 cm³/mol. The van der Waals surface area contributed by atoms with Crippen LogP contribution in [0.5, 0.6) is 0 Å². The maximum absolute atomic E-state index is 12.4. The van der Waals surface area contributed by atoms with Crippen molar-refractivity contribution in [2.24, 2.45) is 0 Å². The summed E-state index contributed by atoms with van der Waals surface area (Å²) < 4.78 is 4.78. The van der Waals surface area contributed by atoms with Crippen LogP contribution >= 0.6 is 11.6 Å². The third kappa shape index (κ3) is 5.60. The highest BCUT2D eigenvalue weighted by Crippen LogP contribution is 2.13. The molecule has 7 heteroatoms. The normalized spacial score (nSPS) is 11.3. The average Bonchev–Trinajstić information content (AvgIpc) is 2.62. The number of hydrogen-bond acceptors (Lipinski definition) is 4. The zero-order chi connectivity index (χ0) is 19.1. The summed E-state index contributed by atoms with van der Waals surface area (Å²) in [4.78, 5) is 35.5. The van der Waals surface area contributed by atoms with Gasteiger partial charge in [0.2, 0.25) is 5.91 Å². The van der Waals surface area contributed by atoms with Crippen molar-refractivity contribution in [1.29, 1.82) is 0 Å². The van der Waals surface area contributed by atoms with Gasteiger partial charge in [0.1, 0.15) is 6.04 Å². The van der Waals surface area contributed by atoms with Crippen LogP contribution in [0, 0.1) is 0 Å². The standard InChI is InChI=1S/C19H19ClN2O4/c1-12(23)21-16-9-5-14(6-10-16)18(24)22-17(19(25)26-2)11-13-3-7-15(20)8-4-13/h3-10,17H,11H2,1-2H3,(H,21,23)(H,22,24)/t17-/m1/s1. The Morgan fingerprint density at radius 2 is 1.65 bits per heavy atom. The van der Waals surface area contributed by atoms with Gasteiger partial charge in [0.15, 0.2) is 0 Å². The number of esters is 1. The van der Waals surface area contributed by atoms with E-state index in [1.165, 1.54) is 14.0 Å². The summed E-state index contributed by atoms with van der Waals surface area (Å²) in [6.07, 6.45) is 0.277. The first-order chi connectivity index (χ1) is 12.4. The number of ether oxygens (including phenoxy) is 1. The third-order valence-corrected chi connectivity index (χ3v) is 3.86. The topological polar surface area (TPSA) is 84.5 Å². The van der Waals surface area contributed by atoms with Gasteiger partial charge in [0, 0.05) is 29.6 Å². The minimum atomic E-state index is -0.830. The maximum Gasteiger partial charge on any atom is 0.328 e. The van der Waals surface area contributed by atoms with Crippen molar-refractivity contribution in [2.75, 3.05) is 12.4 Å². The fourth-order valence-corrected chi connectivity index (χ4v) is 2.47. The SMILES string of the molecule is COC(=O)[C@@H](Cc1ccc(Cl)cc1)NC(=O)c1ccc(NC(C)=O)cc1. The molecule has 0 saturated heterocycles. The molecule has 0 fully saturated rings. The Morgan fingerprint density at radius 3 is 2.19 bits per heavy atom. The molecular weight excluding hydrogens is 356 g/mol. The number of methoxy groups -OCH3 is 1. The number of benzene rings is 2. The molecule has 0 aromatic heterocycles. The quantitative estimate of drug-likeness (QED) is 0.761. The zero-order valence-corrected chi connectivity index (χ0v) is 15.2. The van der Waals surface area contributed by atoms with Crippen LogP contribution in [0.4, 0.5) is 5.69 Å². The van der Waals surface area contributed by atoms with E-state index in [0.717, 1.165) is 5.56 Å². The number of amides is 2. The Labute approximate surface area is 156 Å². The van der Waals surface area contributed by atoms with Crippen LogP contribution in [0.25, 0.3) is 0 Å². The molecule has 0 aliphatic heterocycles. The van der Waals surface area contributed by atoms with Crippen molar-refractivity contribution in [3.05, 3.63) is 64.7 Å². The molecule has 2 N–H and O–H groups in total. The van der Waals surface area contributed by atoms with Gasteiger partial charge in [-0.1, -0.05) is 23.7 Å². The van der Waals surface area contributed by atoms with Crippen molar-refractivity contribution < 1.29 is 19.1 Å². The van der Waals surface area contributed by atoms with E-state index in [4.69, 9.17) is 16.3 Å². The van der Waals surface area contributed by atoms with Crippen molar-refractivity contribution in [3.63, 3.8) is 0 Å². The summed E-state index contributed by atoms with van der Waals surface area (Å²) in [5.74, 6) is -1.15. The van der Waals surface area contributed by atoms with E-state index in [1.807, 2.05) is 0 Å². The molecule has 0 radical (unpaired) electrons. The Bertz CT molecular complexity index is 788. The van der Waals surface area contributed by atoms with E-state index < -0.39 is 17.9 Å². The van der Waals surface area contributed by atoms with E-state index >= 15 is 0 Å². The van der Waals surface area contributed by atoms with Crippen molar-refractivity contribution in [3.8, 4) is 0 Å². The lowest BCUT2D eigenvalue weighted by molar-refractivity contribution is -0.142. The summed E-state index contributed by atoms with van der Waals surface area (Å²) in [5, 5.41) is 5.88. The van der Waals surface area contributed by atoms with Gasteiger partial charge in [-0.15, -0.1) is 0 Å². The number of carbonyl (C=O) groups is 3. The van der Waals surface area contributed by atoms with Crippen LogP contribution in [0.2, 0.25) is 5.02 Å². The van der Waals surface area contributed by atoms with Crippen LogP contribution in [-0.4, -0.2) is 30.9 Å². The number of hydrogen-bond donors (Lipinski definition) is 2. The molecule has 2 aromatic rings. The second-order valence-corrected chi connectivity index (χ2v) is 6.07. The summed E-state index contributed by atoms with van der Waals surface area (Å²) in [7, 11) is 1.27. The molecule has 0 bridgehead atoms. The summed E-state index contributed by atoms with van der Waals surface area (Å²) in [6.45, 7) is 1.40. The second-order valence-electron chi connectivity index (χ2n) is 5.64. The maximum atomic E-state index is 12.4. The Morgan fingerprint density at radius 1 is 1.04 bits per heavy atom. The van der Waals surface area contributed by atoms with Gasteiger partial charge in [-0.25, -0.2) is 4.79 Å². The molecule has 0 heterocycles. The van der Waals surface area contributed by atoms with Gasteiger partial charge >= 0.3 is 5.97 Å². The van der Waals surface area contributed by atoms with Gasteiger partial charge < -0.3 is 15.4 Å². The summed E-state index contributed by atoms with van der Waals surface area (Å²) >= 11 is 5.86. The summed E-state index contributed by atoms with van der Waals surface area (Å²) in [6, 6.07) is 12.5. The van der Waals surface area contributed by atoms with Crippen LogP contribution in [0.15, 0.2) is 48.5 Å². The van der Waals surface area contributed by atoms with Gasteiger partial charge in [0.25, 0.3) is 5.91 Å². The van der Waals surface area contributed by atoms with Gasteiger partial charge in [0.05, 0.1) is 7.11 Å². The first-order valence-corrected chi connectivity index (χ1v) is 8.27. The minimum Gasteiger partial charge on any atom is -0.467 e. The molecule has 0 spiro atoms. The van der Waals surface area contributed by atoms with E-state index in [1.54, 1.807) is 48.5 Å². The molecule has 0 unspecified atom stereocenters. The van der Waals surface area contributed by atoms with Gasteiger partial charge in [-0.2, -0.15) is 0 Å². The molecular formula is C19H19ClN2O4. The fraction of sp³-hybridized carbons (Fsp3) is 0.211. The first-order valence-electron chi connectivity index (χ1n) is 7.90. The number of rotatable bonds is 6. The lowest BCUT2D eigenvalue weighted by Gasteiger charge is -2.17. The predicted octanol–water partition coefficient (Wildman–Crippen LogP) is 2.81. The lowest BCUT2D eigenvalue weighted by Crippen LogP contribution is -2.43. The molecule has 0 saturated carbocycles. The van der Waals surface area contributed by atoms with E-state index in [9.17, 15) is 14.4 Å². The molecule has 2 aromatic carbocycles. The van der Waals surface area contributed by atoms with Crippen molar-refractivity contribution >= 4 is 35.1 Å². The first kappa shape index (κ1) is 19.5. The van der Waals surface area contributed by atoms with Gasteiger partial charge in [-0.3, -0.25) is 9.59 Å². The fourth-order valence-electron chi connectivity index (χ4n) is 2.34. The van der Waals surface area contributed by atoms with Gasteiger partial charge in [-0.05, 0) is 42.0 Å². The number of nitrogens with one attached hydrogen (secondary N) is 2. The van der Waals surface area contributed by atoms with Crippen molar-refractivity contribution in [1.82, 2.24) is 5.32 Å². The molecule has 1 atom stereocenters. The van der Waals surface area contributed by atoms with Crippen LogP contribution in [-0.2, 0) is 20.7 Å². The molecule has 0 aliphatic rings. The monoisotopic (exact) mass is 374 g/mol. The largest absolute Gasteiger partial charge is 0.467 e. The van der Waals surface area contributed by atoms with Crippen LogP contribution in [0.3, 0.4) is 0 Å². The van der Waals surface area contributed by atoms with Crippen LogP contribution in [0.1, 0.15) is 22.8 Å². The molecule has 136 valence electrons. The van der Waals surface area contributed by atoms with Crippen LogP contribution < -0.4 is 10.6 Å². The number of halogens is 1. The molecule has 26 heavy (non-hydrogen) atoms. The minimum absolute atomic E-state index is 0.198. The zero-order valence-electron chi connectivity index (χ0n) is 14.4. The van der Waals surface area contributed by atoms with E-state index in [2.05, 4.69) is 10.6 Å². The second kappa shape index (κ2) is 9.01. The highest BCUT2D eigenvalue weighted by atomic mass is 35.5. The third-order valence-electron chi connectivity index (χ3n) is 3.61. The summed E-state index contributed by atoms with van der Waals surface area (Å²) in [5.41, 5.74) is 1.79. The number of carbonyl (C=O) groups excluding carboxylic acids is 3. The van der Waals surface area contributed by atoms with Crippen molar-refractivity contribution in [2.45, 2.75) is 19.4 Å². The van der Waals surface area contributed by atoms with E-state index in [-0.39, 0.29) is 12.3 Å². The number of anilines is 1. The Hall–Kier alpha value is -2.86. The Kier molecular flexibility index (Phi) is 6.74. The highest BCUT2D eigenvalue weighted by molar-refractivity contribution is 6.30. The molecule has 6 nitrogen and oxygen atoms in total. The smallest absolute Gasteiger partial charge is 0.328 e. The van der Waals surface area contributed by atoms with E-state index in [0.29, 0.717) is 16.3 Å². The molecule has 0 aliphatic carbocycles. The molecule has 2 amide bonds. The molecule has 2 rings (SSSR count). The highest BCUT2D eigenvalue weighted by Gasteiger charge is 2.22. The average molecular weight is 375 g/mol.